The zero-order valence-electron chi connectivity index (χ0n) is 21.3. The number of nitrogens with one attached hydrogen (secondary N) is 1. The normalized spacial score (nSPS) is 14.5. The van der Waals surface area contributed by atoms with Gasteiger partial charge in [0.05, 0.1) is 23.5 Å². The molecule has 9 heteroatoms. The molecule has 1 N–H and O–H groups in total. The lowest BCUT2D eigenvalue weighted by molar-refractivity contribution is 0.0714. The van der Waals surface area contributed by atoms with Crippen LogP contribution in [0.3, 0.4) is 0 Å². The summed E-state index contributed by atoms with van der Waals surface area (Å²) in [6.45, 7) is 5.93. The van der Waals surface area contributed by atoms with Gasteiger partial charge in [0.15, 0.2) is 5.76 Å². The number of pyridine rings is 1. The lowest BCUT2D eigenvalue weighted by Crippen LogP contribution is -2.49. The van der Waals surface area contributed by atoms with Crippen LogP contribution in [0.2, 0.25) is 0 Å². The van der Waals surface area contributed by atoms with Gasteiger partial charge in [0.25, 0.3) is 11.8 Å². The number of carbonyl (C=O) groups excluding carboxylic acids is 2. The number of carbonyl (C=O) groups is 2. The van der Waals surface area contributed by atoms with Crippen LogP contribution in [0.4, 0.5) is 10.1 Å². The molecule has 0 aliphatic carbocycles. The second kappa shape index (κ2) is 10.5. The van der Waals surface area contributed by atoms with E-state index in [0.29, 0.717) is 43.9 Å². The van der Waals surface area contributed by atoms with Crippen LogP contribution >= 0.6 is 0 Å². The highest BCUT2D eigenvalue weighted by molar-refractivity contribution is 5.98. The molecule has 1 aliphatic heterocycles. The average molecular weight is 517 g/mol. The van der Waals surface area contributed by atoms with Crippen molar-refractivity contribution in [1.29, 1.82) is 0 Å². The number of rotatable bonds is 6. The Morgan fingerprint density at radius 3 is 2.45 bits per heavy atom. The zero-order valence-corrected chi connectivity index (χ0v) is 21.3. The van der Waals surface area contributed by atoms with Crippen LogP contribution in [0.25, 0.3) is 10.9 Å². The molecule has 1 atom stereocenters. The van der Waals surface area contributed by atoms with Crippen LogP contribution in [0, 0.1) is 5.82 Å². The van der Waals surface area contributed by atoms with Crippen molar-refractivity contribution in [3.63, 3.8) is 0 Å². The van der Waals surface area contributed by atoms with Crippen LogP contribution in [0.15, 0.2) is 76.3 Å². The molecule has 2 amide bonds. The van der Waals surface area contributed by atoms with E-state index in [1.165, 1.54) is 12.3 Å². The Balaban J connectivity index is 1.40. The number of aromatic nitrogens is 1. The second-order valence-electron chi connectivity index (χ2n) is 9.34. The van der Waals surface area contributed by atoms with E-state index in [9.17, 15) is 14.4 Å². The van der Waals surface area contributed by atoms with Gasteiger partial charge in [0, 0.05) is 44.3 Å². The first-order valence-electron chi connectivity index (χ1n) is 12.7. The molecular formula is C29H29FN4O4. The van der Waals surface area contributed by atoms with Gasteiger partial charge in [0.2, 0.25) is 5.43 Å². The molecule has 5 rings (SSSR count). The van der Waals surface area contributed by atoms with E-state index >= 15 is 4.39 Å². The van der Waals surface area contributed by atoms with Crippen molar-refractivity contribution in [2.24, 2.45) is 0 Å². The highest BCUT2D eigenvalue weighted by Gasteiger charge is 2.26. The number of aryl methyl sites for hydroxylation is 1. The number of piperazine rings is 1. The maximum absolute atomic E-state index is 15.4. The first-order chi connectivity index (χ1) is 18.4. The number of amides is 2. The minimum atomic E-state index is -0.543. The minimum Gasteiger partial charge on any atom is -0.459 e. The van der Waals surface area contributed by atoms with Gasteiger partial charge < -0.3 is 24.1 Å². The molecule has 0 saturated carbocycles. The van der Waals surface area contributed by atoms with E-state index in [2.05, 4.69) is 5.32 Å². The monoisotopic (exact) mass is 516 g/mol. The van der Waals surface area contributed by atoms with Crippen molar-refractivity contribution in [3.8, 4) is 0 Å². The number of benzene rings is 2. The predicted molar refractivity (Wildman–Crippen MR) is 143 cm³/mol. The number of furan rings is 1. The molecule has 1 unspecified atom stereocenters. The van der Waals surface area contributed by atoms with Gasteiger partial charge in [-0.2, -0.15) is 0 Å². The SMILES string of the molecule is CCn1cc(C(=O)NC(C)c2ccccc2)c(=O)c2cc(F)c(N3CCN(C(=O)c4ccco4)CC3)cc21. The van der Waals surface area contributed by atoms with E-state index in [4.69, 9.17) is 4.42 Å². The molecule has 0 bridgehead atoms. The molecule has 38 heavy (non-hydrogen) atoms. The van der Waals surface area contributed by atoms with Gasteiger partial charge in [-0.05, 0) is 43.7 Å². The summed E-state index contributed by atoms with van der Waals surface area (Å²) < 4.78 is 22.4. The fourth-order valence-corrected chi connectivity index (χ4v) is 4.87. The minimum absolute atomic E-state index is 0.0284. The third-order valence-electron chi connectivity index (χ3n) is 7.02. The average Bonchev–Trinajstić information content (AvgIpc) is 3.48. The summed E-state index contributed by atoms with van der Waals surface area (Å²) in [7, 11) is 0. The maximum atomic E-state index is 15.4. The Labute approximate surface area is 219 Å². The van der Waals surface area contributed by atoms with E-state index in [1.54, 1.807) is 33.9 Å². The number of halogens is 1. The number of hydrogen-bond acceptors (Lipinski definition) is 5. The van der Waals surface area contributed by atoms with E-state index < -0.39 is 17.2 Å². The van der Waals surface area contributed by atoms with Crippen molar-refractivity contribution in [2.75, 3.05) is 31.1 Å². The van der Waals surface area contributed by atoms with Gasteiger partial charge in [-0.3, -0.25) is 14.4 Å². The van der Waals surface area contributed by atoms with Crippen molar-refractivity contribution < 1.29 is 18.4 Å². The van der Waals surface area contributed by atoms with Crippen LogP contribution in [0.5, 0.6) is 0 Å². The Hall–Kier alpha value is -4.40. The first kappa shape index (κ1) is 25.3. The maximum Gasteiger partial charge on any atom is 0.289 e. The van der Waals surface area contributed by atoms with E-state index in [1.807, 2.05) is 49.1 Å². The number of anilines is 1. The molecule has 4 aromatic rings. The van der Waals surface area contributed by atoms with Gasteiger partial charge in [-0.15, -0.1) is 0 Å². The lowest BCUT2D eigenvalue weighted by atomic mass is 10.1. The predicted octanol–water partition coefficient (Wildman–Crippen LogP) is 4.21. The topological polar surface area (TPSA) is 87.8 Å². The molecule has 8 nitrogen and oxygen atoms in total. The first-order valence-corrected chi connectivity index (χ1v) is 12.7. The zero-order chi connectivity index (χ0) is 26.8. The third kappa shape index (κ3) is 4.79. The van der Waals surface area contributed by atoms with Gasteiger partial charge in [-0.1, -0.05) is 30.3 Å². The Bertz CT molecular complexity index is 1520. The summed E-state index contributed by atoms with van der Waals surface area (Å²) in [5, 5.41) is 3.03. The van der Waals surface area contributed by atoms with Crippen LogP contribution < -0.4 is 15.6 Å². The Morgan fingerprint density at radius 2 is 1.79 bits per heavy atom. The Morgan fingerprint density at radius 1 is 1.05 bits per heavy atom. The smallest absolute Gasteiger partial charge is 0.289 e. The van der Waals surface area contributed by atoms with Crippen molar-refractivity contribution in [2.45, 2.75) is 26.4 Å². The molecular weight excluding hydrogens is 487 g/mol. The summed E-state index contributed by atoms with van der Waals surface area (Å²) in [5.74, 6) is -0.961. The molecule has 2 aromatic heterocycles. The van der Waals surface area contributed by atoms with Crippen molar-refractivity contribution >= 4 is 28.4 Å². The fraction of sp³-hybridized carbons (Fsp3) is 0.276. The number of hydrogen-bond donors (Lipinski definition) is 1. The summed E-state index contributed by atoms with van der Waals surface area (Å²) >= 11 is 0. The summed E-state index contributed by atoms with van der Waals surface area (Å²) in [5.41, 5.74) is 1.29. The molecule has 1 fully saturated rings. The standard InChI is InChI=1S/C29H29FN4O4/c1-3-32-18-22(28(36)31-19(2)20-8-5-4-6-9-20)27(35)21-16-23(30)25(17-24(21)32)33-11-13-34(14-12-33)29(37)26-10-7-15-38-26/h4-10,15-19H,3,11-14H2,1-2H3,(H,31,36). The van der Waals surface area contributed by atoms with Crippen LogP contribution in [-0.4, -0.2) is 47.5 Å². The quantitative estimate of drug-likeness (QED) is 0.415. The Kier molecular flexibility index (Phi) is 7.00. The van der Waals surface area contributed by atoms with Crippen molar-refractivity contribution in [1.82, 2.24) is 14.8 Å². The summed E-state index contributed by atoms with van der Waals surface area (Å²) in [6, 6.07) is 15.3. The van der Waals surface area contributed by atoms with Gasteiger partial charge in [-0.25, -0.2) is 4.39 Å². The molecule has 3 heterocycles. The molecule has 0 spiro atoms. The molecule has 1 saturated heterocycles. The van der Waals surface area contributed by atoms with Crippen LogP contribution in [-0.2, 0) is 6.54 Å². The van der Waals surface area contributed by atoms with Crippen molar-refractivity contribution in [3.05, 3.63) is 100.0 Å². The lowest BCUT2D eigenvalue weighted by Gasteiger charge is -2.36. The summed E-state index contributed by atoms with van der Waals surface area (Å²) in [6.07, 6.45) is 3.00. The highest BCUT2D eigenvalue weighted by Crippen LogP contribution is 2.27. The molecule has 0 radical (unpaired) electrons. The van der Waals surface area contributed by atoms with Crippen LogP contribution in [0.1, 0.15) is 46.4 Å². The largest absolute Gasteiger partial charge is 0.459 e. The molecule has 1 aliphatic rings. The molecule has 196 valence electrons. The number of fused-ring (bicyclic) bond motifs is 1. The fourth-order valence-electron chi connectivity index (χ4n) is 4.87. The number of nitrogens with zero attached hydrogens (tertiary/aromatic N) is 3. The third-order valence-corrected chi connectivity index (χ3v) is 7.02. The van der Waals surface area contributed by atoms with E-state index in [-0.39, 0.29) is 28.7 Å². The van der Waals surface area contributed by atoms with Gasteiger partial charge >= 0.3 is 0 Å². The molecule has 2 aromatic carbocycles. The highest BCUT2D eigenvalue weighted by atomic mass is 19.1. The summed E-state index contributed by atoms with van der Waals surface area (Å²) in [4.78, 5) is 42.5. The van der Waals surface area contributed by atoms with E-state index in [0.717, 1.165) is 5.56 Å². The van der Waals surface area contributed by atoms with Gasteiger partial charge in [0.1, 0.15) is 11.4 Å². The second-order valence-corrected chi connectivity index (χ2v) is 9.34.